The molecule has 5 heteroatoms. The molecule has 0 saturated carbocycles. The van der Waals surface area contributed by atoms with Crippen molar-refractivity contribution in [1.82, 2.24) is 9.38 Å². The number of Topliss-reactive ketones (excluding diaryl/α,β-unsaturated/α-hetero) is 1. The minimum absolute atomic E-state index is 0.0929. The Morgan fingerprint density at radius 1 is 1.20 bits per heavy atom. The molecule has 0 aliphatic rings. The predicted octanol–water partition coefficient (Wildman–Crippen LogP) is 6.16. The van der Waals surface area contributed by atoms with Crippen molar-refractivity contribution in [2.45, 2.75) is 38.1 Å². The van der Waals surface area contributed by atoms with E-state index < -0.39 is 0 Å². The molecule has 0 bridgehead atoms. The van der Waals surface area contributed by atoms with Gasteiger partial charge in [0.1, 0.15) is 6.07 Å². The third-order valence-electron chi connectivity index (χ3n) is 5.62. The highest BCUT2D eigenvalue weighted by atomic mass is 32.2. The van der Waals surface area contributed by atoms with Crippen LogP contribution in [0.25, 0.3) is 16.7 Å². The number of hydrogen-bond acceptors (Lipinski definition) is 4. The molecule has 0 aliphatic heterocycles. The van der Waals surface area contributed by atoms with Gasteiger partial charge < -0.3 is 0 Å². The third kappa shape index (κ3) is 3.59. The molecule has 1 atom stereocenters. The summed E-state index contributed by atoms with van der Waals surface area (Å²) < 4.78 is 1.99. The highest BCUT2D eigenvalue weighted by Crippen LogP contribution is 2.30. The molecule has 0 fully saturated rings. The molecule has 0 saturated heterocycles. The number of aryl methyl sites for hydroxylation is 1. The number of hydrogen-bond donors (Lipinski definition) is 0. The van der Waals surface area contributed by atoms with E-state index in [9.17, 15) is 10.1 Å². The molecule has 0 radical (unpaired) electrons. The van der Waals surface area contributed by atoms with Crippen molar-refractivity contribution in [2.75, 3.05) is 5.75 Å². The van der Waals surface area contributed by atoms with Crippen LogP contribution in [0.5, 0.6) is 0 Å². The number of benzene rings is 2. The van der Waals surface area contributed by atoms with E-state index in [2.05, 4.69) is 37.0 Å². The summed E-state index contributed by atoms with van der Waals surface area (Å²) >= 11 is 1.48. The van der Waals surface area contributed by atoms with Crippen LogP contribution in [0, 0.1) is 18.3 Å². The maximum absolute atomic E-state index is 12.8. The fourth-order valence-corrected chi connectivity index (χ4v) is 4.64. The summed E-state index contributed by atoms with van der Waals surface area (Å²) in [5, 5.41) is 10.5. The van der Waals surface area contributed by atoms with Gasteiger partial charge in [-0.05, 0) is 48.6 Å². The number of pyridine rings is 1. The number of thioether (sulfide) groups is 1. The number of nitriles is 1. The zero-order chi connectivity index (χ0) is 21.3. The first-order chi connectivity index (χ1) is 14.5. The summed E-state index contributed by atoms with van der Waals surface area (Å²) in [7, 11) is 0. The number of fused-ring (bicyclic) bond motifs is 3. The van der Waals surface area contributed by atoms with E-state index in [1.54, 1.807) is 0 Å². The fourth-order valence-electron chi connectivity index (χ4n) is 3.62. The molecular formula is C25H23N3OS. The van der Waals surface area contributed by atoms with Gasteiger partial charge in [-0.1, -0.05) is 62.0 Å². The zero-order valence-corrected chi connectivity index (χ0v) is 18.2. The van der Waals surface area contributed by atoms with Crippen LogP contribution in [-0.2, 0) is 0 Å². The second-order valence-electron chi connectivity index (χ2n) is 7.56. The summed E-state index contributed by atoms with van der Waals surface area (Å²) in [6.45, 7) is 6.28. The Hall–Kier alpha value is -3.10. The smallest absolute Gasteiger partial charge is 0.173 e. The zero-order valence-electron chi connectivity index (χ0n) is 17.3. The first-order valence-corrected chi connectivity index (χ1v) is 11.1. The van der Waals surface area contributed by atoms with E-state index in [1.165, 1.54) is 17.3 Å². The second-order valence-corrected chi connectivity index (χ2v) is 8.55. The van der Waals surface area contributed by atoms with Crippen molar-refractivity contribution in [3.8, 4) is 6.07 Å². The lowest BCUT2D eigenvalue weighted by Gasteiger charge is -2.11. The van der Waals surface area contributed by atoms with Crippen LogP contribution in [0.2, 0.25) is 0 Å². The highest BCUT2D eigenvalue weighted by molar-refractivity contribution is 8.00. The second kappa shape index (κ2) is 8.33. The number of ketones is 1. The molecule has 0 unspecified atom stereocenters. The molecule has 150 valence electrons. The lowest BCUT2D eigenvalue weighted by Crippen LogP contribution is -2.05. The molecule has 4 nitrogen and oxygen atoms in total. The molecule has 0 aliphatic carbocycles. The van der Waals surface area contributed by atoms with Gasteiger partial charge in [0, 0.05) is 5.56 Å². The highest BCUT2D eigenvalue weighted by Gasteiger charge is 2.16. The van der Waals surface area contributed by atoms with E-state index in [4.69, 9.17) is 0 Å². The van der Waals surface area contributed by atoms with Gasteiger partial charge >= 0.3 is 0 Å². The topological polar surface area (TPSA) is 58.2 Å². The Bertz CT molecular complexity index is 1280. The van der Waals surface area contributed by atoms with Gasteiger partial charge in [0.2, 0.25) is 0 Å². The van der Waals surface area contributed by atoms with Crippen LogP contribution in [0.1, 0.15) is 53.2 Å². The van der Waals surface area contributed by atoms with Crippen LogP contribution in [0.15, 0.2) is 59.6 Å². The average Bonchev–Trinajstić information content (AvgIpc) is 3.16. The van der Waals surface area contributed by atoms with E-state index in [1.807, 2.05) is 53.8 Å². The van der Waals surface area contributed by atoms with Gasteiger partial charge in [-0.2, -0.15) is 5.26 Å². The number of rotatable bonds is 6. The standard InChI is InChI=1S/C25H23N3OS/c1-4-16(2)18-9-11-19(12-10-18)23(29)15-30-24-13-17(3)20(14-26)25-27-21-7-5-6-8-22(21)28(24)25/h5-13,16H,4,15H2,1-3H3/t16-/m0/s1. The van der Waals surface area contributed by atoms with E-state index >= 15 is 0 Å². The maximum atomic E-state index is 12.8. The Labute approximate surface area is 180 Å². The lowest BCUT2D eigenvalue weighted by molar-refractivity contribution is 0.102. The van der Waals surface area contributed by atoms with Crippen molar-refractivity contribution in [1.29, 1.82) is 5.26 Å². The molecule has 30 heavy (non-hydrogen) atoms. The summed E-state index contributed by atoms with van der Waals surface area (Å²) in [4.78, 5) is 17.5. The quantitative estimate of drug-likeness (QED) is 0.281. The normalized spacial score (nSPS) is 12.2. The van der Waals surface area contributed by atoms with Gasteiger partial charge in [0.25, 0.3) is 0 Å². The van der Waals surface area contributed by atoms with E-state index in [0.29, 0.717) is 22.9 Å². The van der Waals surface area contributed by atoms with Gasteiger partial charge in [-0.25, -0.2) is 4.98 Å². The molecule has 0 N–H and O–H groups in total. The van der Waals surface area contributed by atoms with Crippen molar-refractivity contribution < 1.29 is 4.79 Å². The molecule has 2 aromatic carbocycles. The molecule has 2 aromatic heterocycles. The molecule has 2 heterocycles. The summed E-state index contributed by atoms with van der Waals surface area (Å²) in [5.74, 6) is 0.915. The SMILES string of the molecule is CC[C@H](C)c1ccc(C(=O)CSc2cc(C)c(C#N)c3nc4ccccc4n23)cc1. The minimum atomic E-state index is 0.0929. The lowest BCUT2D eigenvalue weighted by atomic mass is 9.97. The van der Waals surface area contributed by atoms with Crippen molar-refractivity contribution >= 4 is 34.2 Å². The largest absolute Gasteiger partial charge is 0.293 e. The number of para-hydroxylation sites is 2. The van der Waals surface area contributed by atoms with Crippen molar-refractivity contribution in [3.63, 3.8) is 0 Å². The summed E-state index contributed by atoms with van der Waals surface area (Å²) in [5.41, 5.74) is 5.86. The average molecular weight is 414 g/mol. The molecule has 0 spiro atoms. The number of nitrogens with zero attached hydrogens (tertiary/aromatic N) is 3. The van der Waals surface area contributed by atoms with Crippen LogP contribution in [0.4, 0.5) is 0 Å². The minimum Gasteiger partial charge on any atom is -0.293 e. The van der Waals surface area contributed by atoms with Crippen LogP contribution >= 0.6 is 11.8 Å². The van der Waals surface area contributed by atoms with Gasteiger partial charge in [0.15, 0.2) is 11.4 Å². The van der Waals surface area contributed by atoms with Crippen LogP contribution in [0.3, 0.4) is 0 Å². The fraction of sp³-hybridized carbons (Fsp3) is 0.240. The Morgan fingerprint density at radius 2 is 1.93 bits per heavy atom. The summed E-state index contributed by atoms with van der Waals surface area (Å²) in [6.07, 6.45) is 1.08. The third-order valence-corrected chi connectivity index (χ3v) is 6.62. The van der Waals surface area contributed by atoms with Gasteiger partial charge in [-0.3, -0.25) is 9.20 Å². The maximum Gasteiger partial charge on any atom is 0.173 e. The molecular weight excluding hydrogens is 390 g/mol. The van der Waals surface area contributed by atoms with Crippen LogP contribution in [-0.4, -0.2) is 20.9 Å². The van der Waals surface area contributed by atoms with Gasteiger partial charge in [-0.15, -0.1) is 0 Å². The number of imidazole rings is 1. The first-order valence-electron chi connectivity index (χ1n) is 10.1. The Balaban J connectivity index is 1.66. The van der Waals surface area contributed by atoms with E-state index in [-0.39, 0.29) is 5.78 Å². The molecule has 4 aromatic rings. The van der Waals surface area contributed by atoms with Crippen molar-refractivity contribution in [2.24, 2.45) is 0 Å². The first kappa shape index (κ1) is 20.2. The number of aromatic nitrogens is 2. The van der Waals surface area contributed by atoms with Crippen LogP contribution < -0.4 is 0 Å². The Morgan fingerprint density at radius 3 is 2.63 bits per heavy atom. The predicted molar refractivity (Wildman–Crippen MR) is 122 cm³/mol. The van der Waals surface area contributed by atoms with Crippen molar-refractivity contribution in [3.05, 3.63) is 76.9 Å². The van der Waals surface area contributed by atoms with Gasteiger partial charge in [0.05, 0.1) is 27.4 Å². The Kier molecular flexibility index (Phi) is 5.61. The molecule has 0 amide bonds. The number of carbonyl (C=O) groups excluding carboxylic acids is 1. The van der Waals surface area contributed by atoms with E-state index in [0.717, 1.165) is 33.6 Å². The summed E-state index contributed by atoms with van der Waals surface area (Å²) in [6, 6.07) is 20.0. The number of carbonyl (C=O) groups is 1. The monoisotopic (exact) mass is 413 g/mol. The molecule has 4 rings (SSSR count).